The maximum Gasteiger partial charge on any atom is 0.404 e. The van der Waals surface area contributed by atoms with Crippen LogP contribution in [0.2, 0.25) is 0 Å². The van der Waals surface area contributed by atoms with Crippen molar-refractivity contribution >= 4 is 23.5 Å². The van der Waals surface area contributed by atoms with E-state index < -0.39 is 6.09 Å². The molecule has 1 saturated carbocycles. The lowest BCUT2D eigenvalue weighted by molar-refractivity contribution is 0.190. The van der Waals surface area contributed by atoms with Crippen molar-refractivity contribution in [3.63, 3.8) is 0 Å². The number of nitrogen functional groups attached to an aromatic ring is 1. The second kappa shape index (κ2) is 7.67. The number of anilines is 3. The largest absolute Gasteiger partial charge is 0.465 e. The van der Waals surface area contributed by atoms with Gasteiger partial charge in [-0.05, 0) is 26.2 Å². The molecule has 0 aliphatic heterocycles. The molecule has 1 unspecified atom stereocenters. The number of carbonyl (C=O) groups is 1. The van der Waals surface area contributed by atoms with E-state index >= 15 is 0 Å². The Morgan fingerprint density at radius 1 is 1.50 bits per heavy atom. The first-order valence-corrected chi connectivity index (χ1v) is 7.67. The van der Waals surface area contributed by atoms with Crippen LogP contribution in [0.15, 0.2) is 6.20 Å². The van der Waals surface area contributed by atoms with Crippen LogP contribution in [0.4, 0.5) is 22.2 Å². The molecule has 2 rings (SSSR count). The zero-order valence-electron chi connectivity index (χ0n) is 12.8. The van der Waals surface area contributed by atoms with Gasteiger partial charge in [0, 0.05) is 18.6 Å². The van der Waals surface area contributed by atoms with E-state index in [1.54, 1.807) is 6.20 Å². The van der Waals surface area contributed by atoms with Crippen LogP contribution < -0.4 is 21.7 Å². The number of hydrogen-bond acceptors (Lipinski definition) is 6. The maximum atomic E-state index is 10.5. The molecule has 8 nitrogen and oxygen atoms in total. The lowest BCUT2D eigenvalue weighted by Crippen LogP contribution is -2.32. The van der Waals surface area contributed by atoms with E-state index in [0.29, 0.717) is 36.5 Å². The van der Waals surface area contributed by atoms with Gasteiger partial charge >= 0.3 is 6.09 Å². The summed E-state index contributed by atoms with van der Waals surface area (Å²) >= 11 is 0. The highest BCUT2D eigenvalue weighted by Gasteiger charge is 2.16. The number of aromatic nitrogens is 2. The number of carboxylic acid groups (broad SMARTS) is 1. The summed E-state index contributed by atoms with van der Waals surface area (Å²) in [7, 11) is 0. The summed E-state index contributed by atoms with van der Waals surface area (Å²) in [6.45, 7) is 2.39. The highest BCUT2D eigenvalue weighted by atomic mass is 16.4. The molecule has 1 heterocycles. The van der Waals surface area contributed by atoms with Crippen LogP contribution >= 0.6 is 0 Å². The van der Waals surface area contributed by atoms with Crippen LogP contribution in [0.1, 0.15) is 39.0 Å². The van der Waals surface area contributed by atoms with E-state index in [-0.39, 0.29) is 6.04 Å². The number of hydrogen-bond donors (Lipinski definition) is 5. The van der Waals surface area contributed by atoms with Gasteiger partial charge in [-0.25, -0.2) is 9.78 Å². The fraction of sp³-hybridized carbons (Fsp3) is 0.643. The van der Waals surface area contributed by atoms with Crippen molar-refractivity contribution in [3.8, 4) is 0 Å². The SMILES string of the molecule is CC(CCNc1nc(NC2CCCC2)ncc1N)NC(=O)O. The monoisotopic (exact) mass is 308 g/mol. The molecule has 1 aliphatic carbocycles. The van der Waals surface area contributed by atoms with Crippen molar-refractivity contribution in [1.29, 1.82) is 0 Å². The molecule has 1 aromatic rings. The van der Waals surface area contributed by atoms with Gasteiger partial charge in [-0.3, -0.25) is 0 Å². The third-order valence-electron chi connectivity index (χ3n) is 3.75. The van der Waals surface area contributed by atoms with Crippen LogP contribution in [0.3, 0.4) is 0 Å². The van der Waals surface area contributed by atoms with Gasteiger partial charge in [-0.2, -0.15) is 4.98 Å². The summed E-state index contributed by atoms with van der Waals surface area (Å²) in [6, 6.07) is 0.306. The first kappa shape index (κ1) is 16.1. The van der Waals surface area contributed by atoms with Gasteiger partial charge in [-0.15, -0.1) is 0 Å². The molecule has 0 aromatic carbocycles. The van der Waals surface area contributed by atoms with Gasteiger partial charge in [-0.1, -0.05) is 12.8 Å². The highest BCUT2D eigenvalue weighted by Crippen LogP contribution is 2.22. The van der Waals surface area contributed by atoms with E-state index in [2.05, 4.69) is 25.9 Å². The van der Waals surface area contributed by atoms with Crippen LogP contribution in [-0.2, 0) is 0 Å². The third kappa shape index (κ3) is 4.94. The Balaban J connectivity index is 1.85. The molecule has 1 amide bonds. The molecule has 0 spiro atoms. The molecule has 1 atom stereocenters. The normalized spacial score (nSPS) is 16.2. The summed E-state index contributed by atoms with van der Waals surface area (Å²) in [5.41, 5.74) is 6.35. The summed E-state index contributed by atoms with van der Waals surface area (Å²) in [4.78, 5) is 19.1. The Hall–Kier alpha value is -2.25. The van der Waals surface area contributed by atoms with Gasteiger partial charge in [0.25, 0.3) is 0 Å². The molecule has 1 aliphatic rings. The van der Waals surface area contributed by atoms with Crippen molar-refractivity contribution in [2.45, 2.75) is 51.1 Å². The summed E-state index contributed by atoms with van der Waals surface area (Å²) in [5.74, 6) is 1.17. The summed E-state index contributed by atoms with van der Waals surface area (Å²) in [6.07, 6.45) is 5.99. The summed E-state index contributed by atoms with van der Waals surface area (Å²) < 4.78 is 0. The van der Waals surface area contributed by atoms with Crippen molar-refractivity contribution in [3.05, 3.63) is 6.20 Å². The number of nitrogens with one attached hydrogen (secondary N) is 3. The first-order chi connectivity index (χ1) is 10.5. The van der Waals surface area contributed by atoms with Crippen LogP contribution in [0, 0.1) is 0 Å². The van der Waals surface area contributed by atoms with E-state index in [1.165, 1.54) is 12.8 Å². The lowest BCUT2D eigenvalue weighted by atomic mass is 10.2. The smallest absolute Gasteiger partial charge is 0.404 e. The first-order valence-electron chi connectivity index (χ1n) is 7.67. The predicted octanol–water partition coefficient (Wildman–Crippen LogP) is 1.87. The minimum Gasteiger partial charge on any atom is -0.465 e. The molecule has 6 N–H and O–H groups in total. The van der Waals surface area contributed by atoms with Crippen molar-refractivity contribution in [2.24, 2.45) is 0 Å². The van der Waals surface area contributed by atoms with Gasteiger partial charge < -0.3 is 26.8 Å². The average molecular weight is 308 g/mol. The second-order valence-electron chi connectivity index (χ2n) is 5.69. The van der Waals surface area contributed by atoms with E-state index in [4.69, 9.17) is 10.8 Å². The Kier molecular flexibility index (Phi) is 5.62. The van der Waals surface area contributed by atoms with Crippen LogP contribution in [0.5, 0.6) is 0 Å². The van der Waals surface area contributed by atoms with Crippen molar-refractivity contribution in [2.75, 3.05) is 22.9 Å². The molecule has 1 aromatic heterocycles. The Morgan fingerprint density at radius 2 is 2.23 bits per heavy atom. The molecule has 0 radical (unpaired) electrons. The minimum absolute atomic E-state index is 0.135. The fourth-order valence-electron chi connectivity index (χ4n) is 2.55. The van der Waals surface area contributed by atoms with Crippen LogP contribution in [-0.4, -0.2) is 39.8 Å². The fourth-order valence-corrected chi connectivity index (χ4v) is 2.55. The van der Waals surface area contributed by atoms with Gasteiger partial charge in [0.1, 0.15) is 0 Å². The van der Waals surface area contributed by atoms with E-state index in [0.717, 1.165) is 12.8 Å². The molecule has 22 heavy (non-hydrogen) atoms. The van der Waals surface area contributed by atoms with Crippen molar-refractivity contribution < 1.29 is 9.90 Å². The minimum atomic E-state index is -1.02. The average Bonchev–Trinajstić information content (AvgIpc) is 2.94. The zero-order valence-corrected chi connectivity index (χ0v) is 12.8. The van der Waals surface area contributed by atoms with Gasteiger partial charge in [0.05, 0.1) is 11.9 Å². The maximum absolute atomic E-state index is 10.5. The number of nitrogens with zero attached hydrogens (tertiary/aromatic N) is 2. The van der Waals surface area contributed by atoms with Gasteiger partial charge in [0.15, 0.2) is 5.82 Å². The second-order valence-corrected chi connectivity index (χ2v) is 5.69. The molecular weight excluding hydrogens is 284 g/mol. The van der Waals surface area contributed by atoms with Crippen LogP contribution in [0.25, 0.3) is 0 Å². The standard InChI is InChI=1S/C14H24N6O2/c1-9(18-14(21)22)6-7-16-12-11(15)8-17-13(20-12)19-10-4-2-3-5-10/h8-10,18H,2-7,15H2,1H3,(H,21,22)(H2,16,17,19,20). The van der Waals surface area contributed by atoms with Crippen molar-refractivity contribution in [1.82, 2.24) is 15.3 Å². The van der Waals surface area contributed by atoms with E-state index in [9.17, 15) is 4.79 Å². The highest BCUT2D eigenvalue weighted by molar-refractivity contribution is 5.64. The third-order valence-corrected chi connectivity index (χ3v) is 3.75. The lowest BCUT2D eigenvalue weighted by Gasteiger charge is -2.15. The molecule has 1 fully saturated rings. The Morgan fingerprint density at radius 3 is 2.91 bits per heavy atom. The zero-order chi connectivity index (χ0) is 15.9. The molecule has 0 bridgehead atoms. The number of nitrogens with two attached hydrogens (primary N) is 1. The quantitative estimate of drug-likeness (QED) is 0.520. The molecular formula is C14H24N6O2. The topological polar surface area (TPSA) is 125 Å². The number of amides is 1. The van der Waals surface area contributed by atoms with E-state index in [1.807, 2.05) is 6.92 Å². The number of rotatable bonds is 7. The Bertz CT molecular complexity index is 504. The molecule has 122 valence electrons. The van der Waals surface area contributed by atoms with Gasteiger partial charge in [0.2, 0.25) is 5.95 Å². The Labute approximate surface area is 129 Å². The summed E-state index contributed by atoms with van der Waals surface area (Å²) in [5, 5.41) is 17.5. The molecule has 8 heteroatoms. The molecule has 0 saturated heterocycles. The predicted molar refractivity (Wildman–Crippen MR) is 86.1 cm³/mol.